The smallest absolute Gasteiger partial charge is 0.321 e. The molecule has 0 spiro atoms. The maximum atomic E-state index is 12.6. The quantitative estimate of drug-likeness (QED) is 0.823. The minimum absolute atomic E-state index is 0.0453. The van der Waals surface area contributed by atoms with Crippen molar-refractivity contribution in [2.45, 2.75) is 11.8 Å². The Bertz CT molecular complexity index is 773. The first kappa shape index (κ1) is 18.5. The molecule has 2 amide bonds. The lowest BCUT2D eigenvalue weighted by molar-refractivity contribution is 0.208. The molecule has 0 bridgehead atoms. The molecule has 2 aromatic rings. The van der Waals surface area contributed by atoms with Crippen molar-refractivity contribution >= 4 is 29.2 Å². The molecule has 1 aliphatic rings. The van der Waals surface area contributed by atoms with E-state index < -0.39 is 0 Å². The minimum atomic E-state index is -0.0453. The van der Waals surface area contributed by atoms with E-state index in [9.17, 15) is 4.79 Å². The second kappa shape index (κ2) is 8.36. The fourth-order valence-corrected chi connectivity index (χ4v) is 3.76. The lowest BCUT2D eigenvalue weighted by Crippen LogP contribution is -2.50. The van der Waals surface area contributed by atoms with Crippen LogP contribution >= 0.6 is 11.8 Å². The van der Waals surface area contributed by atoms with Crippen molar-refractivity contribution < 1.29 is 9.53 Å². The maximum absolute atomic E-state index is 12.6. The average Bonchev–Trinajstić information content (AvgIpc) is 2.69. The van der Waals surface area contributed by atoms with Crippen LogP contribution in [0.3, 0.4) is 0 Å². The molecule has 0 saturated carbocycles. The number of carbonyl (C=O) groups is 1. The number of anilines is 2. The van der Waals surface area contributed by atoms with Crippen LogP contribution in [-0.2, 0) is 0 Å². The molecule has 26 heavy (non-hydrogen) atoms. The molecular weight excluding hydrogens is 346 g/mol. The number of rotatable bonds is 4. The van der Waals surface area contributed by atoms with Gasteiger partial charge in [-0.2, -0.15) is 0 Å². The highest BCUT2D eigenvalue weighted by molar-refractivity contribution is 7.98. The number of ether oxygens (including phenoxy) is 1. The van der Waals surface area contributed by atoms with Gasteiger partial charge in [-0.3, -0.25) is 0 Å². The Kier molecular flexibility index (Phi) is 5.93. The molecule has 6 heteroatoms. The van der Waals surface area contributed by atoms with Gasteiger partial charge in [0.15, 0.2) is 0 Å². The third-order valence-corrected chi connectivity index (χ3v) is 5.45. The van der Waals surface area contributed by atoms with Crippen molar-refractivity contribution in [2.75, 3.05) is 49.8 Å². The third kappa shape index (κ3) is 4.07. The predicted molar refractivity (Wildman–Crippen MR) is 109 cm³/mol. The SMILES string of the molecule is COc1ccc(NC(=O)N2CCN(c3ccccc3SC)CC2)c(C)c1. The number of nitrogens with zero attached hydrogens (tertiary/aromatic N) is 2. The van der Waals surface area contributed by atoms with Crippen LogP contribution in [0.5, 0.6) is 5.75 Å². The number of benzene rings is 2. The zero-order chi connectivity index (χ0) is 18.5. The Labute approximate surface area is 159 Å². The molecule has 0 radical (unpaired) electrons. The maximum Gasteiger partial charge on any atom is 0.321 e. The van der Waals surface area contributed by atoms with Gasteiger partial charge in [0, 0.05) is 36.8 Å². The number of methoxy groups -OCH3 is 1. The van der Waals surface area contributed by atoms with Crippen molar-refractivity contribution in [3.8, 4) is 5.75 Å². The molecule has 5 nitrogen and oxygen atoms in total. The molecule has 0 aliphatic carbocycles. The normalized spacial score (nSPS) is 14.3. The highest BCUT2D eigenvalue weighted by atomic mass is 32.2. The highest BCUT2D eigenvalue weighted by Gasteiger charge is 2.22. The summed E-state index contributed by atoms with van der Waals surface area (Å²) >= 11 is 1.76. The van der Waals surface area contributed by atoms with Crippen molar-refractivity contribution in [3.05, 3.63) is 48.0 Å². The molecule has 1 saturated heterocycles. The second-order valence-electron chi connectivity index (χ2n) is 6.26. The Morgan fingerprint density at radius 3 is 2.50 bits per heavy atom. The summed E-state index contributed by atoms with van der Waals surface area (Å²) in [5.74, 6) is 0.793. The predicted octanol–water partition coefficient (Wildman–Crippen LogP) is 4.08. The van der Waals surface area contributed by atoms with Gasteiger partial charge in [0.25, 0.3) is 0 Å². The molecule has 0 atom stereocenters. The van der Waals surface area contributed by atoms with Gasteiger partial charge in [-0.25, -0.2) is 4.79 Å². The summed E-state index contributed by atoms with van der Waals surface area (Å²) in [6.07, 6.45) is 2.10. The fraction of sp³-hybridized carbons (Fsp3) is 0.350. The lowest BCUT2D eigenvalue weighted by atomic mass is 10.2. The first-order chi connectivity index (χ1) is 12.6. The zero-order valence-corrected chi connectivity index (χ0v) is 16.3. The van der Waals surface area contributed by atoms with E-state index >= 15 is 0 Å². The monoisotopic (exact) mass is 371 g/mol. The van der Waals surface area contributed by atoms with Crippen LogP contribution in [0.25, 0.3) is 0 Å². The van der Waals surface area contributed by atoms with Crippen LogP contribution < -0.4 is 15.0 Å². The van der Waals surface area contributed by atoms with Gasteiger partial charge in [0.1, 0.15) is 5.75 Å². The molecule has 3 rings (SSSR count). The van der Waals surface area contributed by atoms with Crippen LogP contribution in [-0.4, -0.2) is 50.5 Å². The van der Waals surface area contributed by atoms with Gasteiger partial charge < -0.3 is 19.9 Å². The molecule has 1 aliphatic heterocycles. The standard InChI is InChI=1S/C20H25N3O2S/c1-15-14-16(25-2)8-9-17(15)21-20(24)23-12-10-22(11-13-23)18-6-4-5-7-19(18)26-3/h4-9,14H,10-13H2,1-3H3,(H,21,24). The highest BCUT2D eigenvalue weighted by Crippen LogP contribution is 2.29. The number of piperazine rings is 1. The minimum Gasteiger partial charge on any atom is -0.497 e. The molecule has 1 fully saturated rings. The summed E-state index contributed by atoms with van der Waals surface area (Å²) in [7, 11) is 1.64. The van der Waals surface area contributed by atoms with Crippen LogP contribution in [0.15, 0.2) is 47.4 Å². The van der Waals surface area contributed by atoms with Gasteiger partial charge in [-0.1, -0.05) is 12.1 Å². The molecule has 2 aromatic carbocycles. The van der Waals surface area contributed by atoms with Crippen LogP contribution in [0.1, 0.15) is 5.56 Å². The number of aryl methyl sites for hydroxylation is 1. The largest absolute Gasteiger partial charge is 0.497 e. The number of nitrogens with one attached hydrogen (secondary N) is 1. The van der Waals surface area contributed by atoms with Gasteiger partial charge in [-0.15, -0.1) is 11.8 Å². The fourth-order valence-electron chi connectivity index (χ4n) is 3.14. The number of thioether (sulfide) groups is 1. The number of urea groups is 1. The first-order valence-corrected chi connectivity index (χ1v) is 9.93. The van der Waals surface area contributed by atoms with Gasteiger partial charge in [-0.05, 0) is 49.1 Å². The van der Waals surface area contributed by atoms with E-state index in [1.807, 2.05) is 30.0 Å². The number of para-hydroxylation sites is 1. The molecule has 0 aromatic heterocycles. The van der Waals surface area contributed by atoms with E-state index in [2.05, 4.69) is 40.7 Å². The van der Waals surface area contributed by atoms with E-state index in [1.165, 1.54) is 10.6 Å². The van der Waals surface area contributed by atoms with Gasteiger partial charge in [0.2, 0.25) is 0 Å². The second-order valence-corrected chi connectivity index (χ2v) is 7.11. The first-order valence-electron chi connectivity index (χ1n) is 8.71. The summed E-state index contributed by atoms with van der Waals surface area (Å²) in [5, 5.41) is 3.02. The summed E-state index contributed by atoms with van der Waals surface area (Å²) in [6, 6.07) is 14.1. The third-order valence-electron chi connectivity index (χ3n) is 4.67. The number of hydrogen-bond donors (Lipinski definition) is 1. The van der Waals surface area contributed by atoms with E-state index in [0.29, 0.717) is 13.1 Å². The van der Waals surface area contributed by atoms with E-state index in [1.54, 1.807) is 18.9 Å². The summed E-state index contributed by atoms with van der Waals surface area (Å²) < 4.78 is 5.21. The van der Waals surface area contributed by atoms with Crippen LogP contribution in [0.2, 0.25) is 0 Å². The van der Waals surface area contributed by atoms with Crippen molar-refractivity contribution in [2.24, 2.45) is 0 Å². The van der Waals surface area contributed by atoms with E-state index in [4.69, 9.17) is 4.74 Å². The molecule has 138 valence electrons. The molecule has 0 unspecified atom stereocenters. The number of hydrogen-bond acceptors (Lipinski definition) is 4. The summed E-state index contributed by atoms with van der Waals surface area (Å²) in [6.45, 7) is 5.07. The van der Waals surface area contributed by atoms with Gasteiger partial charge in [0.05, 0.1) is 12.8 Å². The molecule has 1 heterocycles. The summed E-state index contributed by atoms with van der Waals surface area (Å²) in [5.41, 5.74) is 3.07. The lowest BCUT2D eigenvalue weighted by Gasteiger charge is -2.36. The Morgan fingerprint density at radius 2 is 1.85 bits per heavy atom. The molecular formula is C20H25N3O2S. The molecule has 1 N–H and O–H groups in total. The topological polar surface area (TPSA) is 44.8 Å². The van der Waals surface area contributed by atoms with Gasteiger partial charge >= 0.3 is 6.03 Å². The average molecular weight is 372 g/mol. The Balaban J connectivity index is 1.60. The van der Waals surface area contributed by atoms with Crippen molar-refractivity contribution in [1.82, 2.24) is 4.90 Å². The van der Waals surface area contributed by atoms with E-state index in [0.717, 1.165) is 30.1 Å². The number of carbonyl (C=O) groups excluding carboxylic acids is 1. The van der Waals surface area contributed by atoms with Crippen LogP contribution in [0.4, 0.5) is 16.2 Å². The van der Waals surface area contributed by atoms with Crippen LogP contribution in [0, 0.1) is 6.92 Å². The summed E-state index contributed by atoms with van der Waals surface area (Å²) in [4.78, 5) is 18.1. The zero-order valence-electron chi connectivity index (χ0n) is 15.5. The Hall–Kier alpha value is -2.34. The van der Waals surface area contributed by atoms with E-state index in [-0.39, 0.29) is 6.03 Å². The van der Waals surface area contributed by atoms with Crippen molar-refractivity contribution in [3.63, 3.8) is 0 Å². The van der Waals surface area contributed by atoms with Crippen molar-refractivity contribution in [1.29, 1.82) is 0 Å². The number of amides is 2. The Morgan fingerprint density at radius 1 is 1.12 bits per heavy atom.